The molecule has 1 rings (SSSR count). The molecule has 0 unspecified atom stereocenters. The molecule has 0 saturated heterocycles. The molecule has 7 nitrogen and oxygen atoms in total. The number of hydrogen-bond acceptors (Lipinski definition) is 5. The topological polar surface area (TPSA) is 95.1 Å². The smallest absolute Gasteiger partial charge is 0.217 e. The van der Waals surface area contributed by atoms with E-state index in [1.165, 1.54) is 11.4 Å². The lowest BCUT2D eigenvalue weighted by molar-refractivity contribution is -0.919. The van der Waals surface area contributed by atoms with Crippen LogP contribution in [0.4, 0.5) is 0 Å². The van der Waals surface area contributed by atoms with Gasteiger partial charge in [-0.3, -0.25) is 4.18 Å². The molecule has 0 aliphatic heterocycles. The minimum atomic E-state index is -4.41. The molecular weight excluding hydrogens is 270 g/mol. The van der Waals surface area contributed by atoms with Crippen molar-refractivity contribution in [2.75, 3.05) is 27.2 Å². The Morgan fingerprint density at radius 2 is 1.89 bits per heavy atom. The zero-order valence-corrected chi connectivity index (χ0v) is 13.0. The first-order valence-corrected chi connectivity index (χ1v) is 7.34. The summed E-state index contributed by atoms with van der Waals surface area (Å²) >= 11 is 0. The monoisotopic (exact) mass is 293 g/mol. The van der Waals surface area contributed by atoms with Gasteiger partial charge in [-0.15, -0.1) is 0 Å². The van der Waals surface area contributed by atoms with Crippen LogP contribution in [0.1, 0.15) is 25.2 Å². The molecule has 0 spiro atoms. The molecule has 0 amide bonds. The third kappa shape index (κ3) is 7.26. The van der Waals surface area contributed by atoms with Crippen LogP contribution in [-0.2, 0) is 21.1 Å². The summed E-state index contributed by atoms with van der Waals surface area (Å²) in [6, 6.07) is 0. The van der Waals surface area contributed by atoms with Crippen LogP contribution >= 0.6 is 0 Å². The van der Waals surface area contributed by atoms with Gasteiger partial charge >= 0.3 is 0 Å². The van der Waals surface area contributed by atoms with Crippen LogP contribution in [0, 0.1) is 6.92 Å². The molecule has 112 valence electrons. The molecule has 1 aromatic rings. The predicted molar refractivity (Wildman–Crippen MR) is 71.0 cm³/mol. The van der Waals surface area contributed by atoms with Gasteiger partial charge in [0.05, 0.1) is 33.6 Å². The molecule has 0 aromatic carbocycles. The zero-order valence-electron chi connectivity index (χ0n) is 12.1. The maximum Gasteiger partial charge on any atom is 0.217 e. The van der Waals surface area contributed by atoms with E-state index >= 15 is 0 Å². The minimum absolute atomic E-state index is 0.808. The van der Waals surface area contributed by atoms with E-state index in [4.69, 9.17) is 0 Å². The van der Waals surface area contributed by atoms with Crippen LogP contribution < -0.4 is 0 Å². The van der Waals surface area contributed by atoms with E-state index in [0.717, 1.165) is 31.2 Å². The Morgan fingerprint density at radius 1 is 1.42 bits per heavy atom. The van der Waals surface area contributed by atoms with Crippen molar-refractivity contribution in [2.24, 2.45) is 0 Å². The van der Waals surface area contributed by atoms with Gasteiger partial charge in [-0.2, -0.15) is 0 Å². The molecule has 19 heavy (non-hydrogen) atoms. The highest BCUT2D eigenvalue weighted by Crippen LogP contribution is 2.11. The molecule has 1 heterocycles. The van der Waals surface area contributed by atoms with Crippen LogP contribution in [0.2, 0.25) is 0 Å². The Morgan fingerprint density at radius 3 is 2.16 bits per heavy atom. The Kier molecular flexibility index (Phi) is 7.20. The molecule has 0 aliphatic carbocycles. The third-order valence-electron chi connectivity index (χ3n) is 3.20. The summed E-state index contributed by atoms with van der Waals surface area (Å²) in [6.07, 6.45) is 1.78. The number of H-pyrrole nitrogens is 1. The second-order valence-corrected chi connectivity index (χ2v) is 5.61. The Balaban J connectivity index is 0.000000459. The Labute approximate surface area is 115 Å². The van der Waals surface area contributed by atoms with Gasteiger partial charge < -0.3 is 14.0 Å². The molecule has 0 atom stereocenters. The highest BCUT2D eigenvalue weighted by atomic mass is 32.3. The highest BCUT2D eigenvalue weighted by Gasteiger charge is 2.19. The standard InChI is InChI=1S/C10H20N3.CH4O4S/c1-5-13(4,6-2)7-10-9(3)11-8-12-10;1-5-6(2,3)4/h8H,5-7H2,1-4H3,(H,11,12);1H3,(H,2,3,4)/q+1;/p-1. The first-order chi connectivity index (χ1) is 8.67. The van der Waals surface area contributed by atoms with Gasteiger partial charge in [0.1, 0.15) is 12.2 Å². The molecule has 0 radical (unpaired) electrons. The Hall–Kier alpha value is -0.960. The van der Waals surface area contributed by atoms with E-state index in [9.17, 15) is 13.0 Å². The number of rotatable bonds is 5. The van der Waals surface area contributed by atoms with E-state index in [2.05, 4.69) is 42.0 Å². The molecule has 8 heteroatoms. The molecule has 0 saturated carbocycles. The first-order valence-electron chi connectivity index (χ1n) is 6.01. The van der Waals surface area contributed by atoms with E-state index in [0.29, 0.717) is 0 Å². The maximum absolute atomic E-state index is 9.22. The van der Waals surface area contributed by atoms with E-state index in [1.807, 2.05) is 0 Å². The molecule has 0 aliphatic rings. The van der Waals surface area contributed by atoms with Crippen LogP contribution in [0.15, 0.2) is 6.33 Å². The van der Waals surface area contributed by atoms with Gasteiger partial charge in [-0.25, -0.2) is 13.4 Å². The SMILES string of the molecule is CC[N+](C)(CC)Cc1nc[nH]c1C.COS(=O)(=O)[O-]. The van der Waals surface area contributed by atoms with Crippen molar-refractivity contribution >= 4 is 10.4 Å². The number of imidazole rings is 1. The number of nitrogens with zero attached hydrogens (tertiary/aromatic N) is 2. The van der Waals surface area contributed by atoms with Crippen molar-refractivity contribution in [2.45, 2.75) is 27.3 Å². The molecule has 1 N–H and O–H groups in total. The van der Waals surface area contributed by atoms with Crippen molar-refractivity contribution in [3.8, 4) is 0 Å². The van der Waals surface area contributed by atoms with E-state index < -0.39 is 10.4 Å². The number of nitrogens with one attached hydrogen (secondary N) is 1. The van der Waals surface area contributed by atoms with E-state index in [1.54, 1.807) is 6.33 Å². The van der Waals surface area contributed by atoms with E-state index in [-0.39, 0.29) is 0 Å². The summed E-state index contributed by atoms with van der Waals surface area (Å²) in [4.78, 5) is 7.44. The van der Waals surface area contributed by atoms with Gasteiger partial charge in [0.25, 0.3) is 0 Å². The fraction of sp³-hybridized carbons (Fsp3) is 0.727. The van der Waals surface area contributed by atoms with Crippen LogP contribution in [0.25, 0.3) is 0 Å². The summed E-state index contributed by atoms with van der Waals surface area (Å²) < 4.78 is 32.1. The summed E-state index contributed by atoms with van der Waals surface area (Å²) in [6.45, 7) is 9.88. The highest BCUT2D eigenvalue weighted by molar-refractivity contribution is 7.80. The van der Waals surface area contributed by atoms with Crippen molar-refractivity contribution in [3.63, 3.8) is 0 Å². The van der Waals surface area contributed by atoms with Crippen LogP contribution in [0.3, 0.4) is 0 Å². The lowest BCUT2D eigenvalue weighted by Crippen LogP contribution is -2.42. The van der Waals surface area contributed by atoms with Gasteiger partial charge in [-0.1, -0.05) is 0 Å². The average Bonchev–Trinajstić information content (AvgIpc) is 2.74. The molecule has 1 aromatic heterocycles. The summed E-state index contributed by atoms with van der Waals surface area (Å²) in [7, 11) is -1.33. The second-order valence-electron chi connectivity index (χ2n) is 4.46. The number of aromatic nitrogens is 2. The summed E-state index contributed by atoms with van der Waals surface area (Å²) in [5.41, 5.74) is 2.40. The van der Waals surface area contributed by atoms with Crippen molar-refractivity contribution < 1.29 is 21.6 Å². The summed E-state index contributed by atoms with van der Waals surface area (Å²) in [5, 5.41) is 0. The molecule has 0 bridgehead atoms. The fourth-order valence-electron chi connectivity index (χ4n) is 1.36. The quantitative estimate of drug-likeness (QED) is 0.492. The molecule has 0 fully saturated rings. The predicted octanol–water partition coefficient (Wildman–Crippen LogP) is 0.798. The zero-order chi connectivity index (χ0) is 15.1. The van der Waals surface area contributed by atoms with Gasteiger partial charge in [0.2, 0.25) is 10.4 Å². The van der Waals surface area contributed by atoms with Gasteiger partial charge in [-0.05, 0) is 20.8 Å². The van der Waals surface area contributed by atoms with Gasteiger partial charge in [0.15, 0.2) is 0 Å². The second kappa shape index (κ2) is 7.59. The minimum Gasteiger partial charge on any atom is -0.726 e. The van der Waals surface area contributed by atoms with Crippen LogP contribution in [-0.4, -0.2) is 54.7 Å². The molecular formula is C11H23N3O4S. The number of aryl methyl sites for hydroxylation is 1. The summed E-state index contributed by atoms with van der Waals surface area (Å²) in [5.74, 6) is 0. The lowest BCUT2D eigenvalue weighted by Gasteiger charge is -2.31. The first kappa shape index (κ1) is 18.0. The number of hydrogen-bond donors (Lipinski definition) is 1. The van der Waals surface area contributed by atoms with Crippen molar-refractivity contribution in [1.82, 2.24) is 9.97 Å². The number of quaternary nitrogens is 1. The maximum atomic E-state index is 9.22. The fourth-order valence-corrected chi connectivity index (χ4v) is 1.36. The lowest BCUT2D eigenvalue weighted by atomic mass is 10.3. The normalized spacial score (nSPS) is 11.9. The van der Waals surface area contributed by atoms with Crippen LogP contribution in [0.5, 0.6) is 0 Å². The third-order valence-corrected chi connectivity index (χ3v) is 3.61. The average molecular weight is 293 g/mol. The largest absolute Gasteiger partial charge is 0.726 e. The van der Waals surface area contributed by atoms with Gasteiger partial charge in [0, 0.05) is 5.69 Å². The number of aromatic amines is 1. The van der Waals surface area contributed by atoms with Crippen molar-refractivity contribution in [3.05, 3.63) is 17.7 Å². The Bertz CT molecular complexity index is 466. The van der Waals surface area contributed by atoms with Crippen molar-refractivity contribution in [1.29, 1.82) is 0 Å².